The molecule has 3 aliphatic rings. The molecule has 8 nitrogen and oxygen atoms in total. The van der Waals surface area contributed by atoms with Crippen LogP contribution in [-0.2, 0) is 28.5 Å². The van der Waals surface area contributed by atoms with E-state index in [0.29, 0.717) is 13.0 Å². The molecule has 3 rings (SSSR count). The highest BCUT2D eigenvalue weighted by molar-refractivity contribution is 5.82. The Hall–Kier alpha value is -1.64. The van der Waals surface area contributed by atoms with E-state index in [1.807, 2.05) is 20.8 Å². The van der Waals surface area contributed by atoms with E-state index in [2.05, 4.69) is 32.2 Å². The normalized spacial score (nSPS) is 36.8. The van der Waals surface area contributed by atoms with Crippen LogP contribution in [0.15, 0.2) is 11.6 Å². The number of carbonyl (C=O) groups is 2. The number of allylic oxidation sites excluding steroid dienone is 1. The van der Waals surface area contributed by atoms with Gasteiger partial charge in [-0.3, -0.25) is 0 Å². The molecule has 1 unspecified atom stereocenters. The smallest absolute Gasteiger partial charge is 0.408 e. The fourth-order valence-corrected chi connectivity index (χ4v) is 5.11. The van der Waals surface area contributed by atoms with E-state index in [-0.39, 0.29) is 23.7 Å². The van der Waals surface area contributed by atoms with Crippen LogP contribution >= 0.6 is 0 Å². The maximum absolute atomic E-state index is 12.8. The Morgan fingerprint density at radius 3 is 2.41 bits per heavy atom. The molecule has 182 valence electrons. The van der Waals surface area contributed by atoms with Crippen LogP contribution in [0.2, 0.25) is 0 Å². The Morgan fingerprint density at radius 1 is 1.25 bits per heavy atom. The van der Waals surface area contributed by atoms with E-state index in [0.717, 1.165) is 12.8 Å². The molecule has 32 heavy (non-hydrogen) atoms. The van der Waals surface area contributed by atoms with Crippen LogP contribution in [0.5, 0.6) is 0 Å². The number of hydrogen-bond acceptors (Lipinski definition) is 7. The number of nitrogens with one attached hydrogen (secondary N) is 1. The van der Waals surface area contributed by atoms with Crippen molar-refractivity contribution in [3.05, 3.63) is 11.6 Å². The summed E-state index contributed by atoms with van der Waals surface area (Å²) in [5.74, 6) is -0.563. The number of methoxy groups -OCH3 is 2. The predicted molar refractivity (Wildman–Crippen MR) is 118 cm³/mol. The number of epoxide rings is 2. The summed E-state index contributed by atoms with van der Waals surface area (Å²) in [6.45, 7) is 12.5. The molecule has 2 aliphatic heterocycles. The Labute approximate surface area is 191 Å². The van der Waals surface area contributed by atoms with Gasteiger partial charge in [0.1, 0.15) is 29.5 Å². The van der Waals surface area contributed by atoms with Crippen molar-refractivity contribution in [1.29, 1.82) is 0 Å². The standard InChI is InChI=1S/C24H39NO7/c1-14(2)9-10-16-23(6,32-16)18-17(28-7)15(11-12-24(18)13-30-24)31-21(27)25-19(20(26)29-8)22(3,4)5/h9,15-19H,10-13H2,1-8H3,(H,25,27)/t15-,16-,17-,18-,19+,23?,24+/m1/s1. The molecule has 1 aliphatic carbocycles. The lowest BCUT2D eigenvalue weighted by atomic mass is 9.68. The van der Waals surface area contributed by atoms with Crippen molar-refractivity contribution in [3.8, 4) is 0 Å². The molecule has 0 bridgehead atoms. The number of amides is 1. The lowest BCUT2D eigenvalue weighted by Gasteiger charge is -2.42. The minimum absolute atomic E-state index is 0.0545. The molecule has 2 saturated heterocycles. The summed E-state index contributed by atoms with van der Waals surface area (Å²) in [6, 6.07) is -0.823. The Kier molecular flexibility index (Phi) is 6.99. The van der Waals surface area contributed by atoms with Gasteiger partial charge in [-0.15, -0.1) is 0 Å². The summed E-state index contributed by atoms with van der Waals surface area (Å²) in [5, 5.41) is 2.69. The van der Waals surface area contributed by atoms with Crippen molar-refractivity contribution >= 4 is 12.1 Å². The maximum Gasteiger partial charge on any atom is 0.408 e. The largest absolute Gasteiger partial charge is 0.467 e. The van der Waals surface area contributed by atoms with Crippen LogP contribution in [0.4, 0.5) is 4.79 Å². The van der Waals surface area contributed by atoms with Crippen molar-refractivity contribution < 1.29 is 33.3 Å². The molecule has 0 aromatic heterocycles. The molecule has 0 aromatic rings. The number of rotatable bonds is 7. The first-order valence-corrected chi connectivity index (χ1v) is 11.4. The van der Waals surface area contributed by atoms with Gasteiger partial charge in [-0.2, -0.15) is 0 Å². The van der Waals surface area contributed by atoms with Crippen LogP contribution in [0.1, 0.15) is 60.8 Å². The summed E-state index contributed by atoms with van der Waals surface area (Å²) in [4.78, 5) is 25.0. The number of esters is 1. The Balaban J connectivity index is 1.72. The second-order valence-corrected chi connectivity index (χ2v) is 10.8. The molecule has 1 amide bonds. The number of alkyl carbamates (subject to hydrolysis) is 1. The number of hydrogen-bond donors (Lipinski definition) is 1. The summed E-state index contributed by atoms with van der Waals surface area (Å²) < 4.78 is 28.7. The molecule has 1 saturated carbocycles. The zero-order chi connectivity index (χ0) is 23.9. The van der Waals surface area contributed by atoms with Crippen LogP contribution in [0.3, 0.4) is 0 Å². The van der Waals surface area contributed by atoms with Crippen LogP contribution < -0.4 is 5.32 Å². The van der Waals surface area contributed by atoms with Gasteiger partial charge in [0, 0.05) is 7.11 Å². The van der Waals surface area contributed by atoms with Crippen molar-refractivity contribution in [2.24, 2.45) is 11.3 Å². The van der Waals surface area contributed by atoms with Crippen molar-refractivity contribution in [2.75, 3.05) is 20.8 Å². The van der Waals surface area contributed by atoms with Gasteiger partial charge < -0.3 is 29.0 Å². The van der Waals surface area contributed by atoms with Crippen molar-refractivity contribution in [1.82, 2.24) is 5.32 Å². The van der Waals surface area contributed by atoms with E-state index in [4.69, 9.17) is 23.7 Å². The SMILES string of the molecule is COC(=O)[C@H](NC(=O)O[C@@H]1CC[C@]2(CO2)[C@@H](C2(C)O[C@@H]2CC=C(C)C)[C@@H]1OC)C(C)(C)C. The Bertz CT molecular complexity index is 750. The van der Waals surface area contributed by atoms with E-state index in [1.54, 1.807) is 7.11 Å². The summed E-state index contributed by atoms with van der Waals surface area (Å²) in [6.07, 6.45) is 2.99. The highest BCUT2D eigenvalue weighted by Gasteiger charge is 2.72. The van der Waals surface area contributed by atoms with Gasteiger partial charge in [0.05, 0.1) is 25.7 Å². The summed E-state index contributed by atoms with van der Waals surface area (Å²) in [7, 11) is 2.94. The molecule has 0 radical (unpaired) electrons. The molecule has 2 heterocycles. The lowest BCUT2D eigenvalue weighted by Crippen LogP contribution is -2.57. The highest BCUT2D eigenvalue weighted by Crippen LogP contribution is 2.59. The quantitative estimate of drug-likeness (QED) is 0.358. The fraction of sp³-hybridized carbons (Fsp3) is 0.833. The first-order chi connectivity index (χ1) is 14.9. The van der Waals surface area contributed by atoms with Gasteiger partial charge in [0.2, 0.25) is 0 Å². The van der Waals surface area contributed by atoms with Crippen LogP contribution in [-0.4, -0.2) is 68.4 Å². The number of ether oxygens (including phenoxy) is 5. The van der Waals surface area contributed by atoms with Gasteiger partial charge in [-0.1, -0.05) is 32.4 Å². The lowest BCUT2D eigenvalue weighted by molar-refractivity contribution is -0.146. The fourth-order valence-electron chi connectivity index (χ4n) is 5.11. The van der Waals surface area contributed by atoms with E-state index in [1.165, 1.54) is 12.7 Å². The molecule has 8 heteroatoms. The molecule has 0 aromatic carbocycles. The van der Waals surface area contributed by atoms with Crippen molar-refractivity contribution in [3.63, 3.8) is 0 Å². The maximum atomic E-state index is 12.8. The minimum atomic E-state index is -0.823. The third kappa shape index (κ3) is 4.97. The summed E-state index contributed by atoms with van der Waals surface area (Å²) in [5.41, 5.74) is 0.0398. The molecule has 7 atom stereocenters. The second-order valence-electron chi connectivity index (χ2n) is 10.8. The van der Waals surface area contributed by atoms with Gasteiger partial charge in [-0.25, -0.2) is 9.59 Å². The highest BCUT2D eigenvalue weighted by atomic mass is 16.6. The van der Waals surface area contributed by atoms with Gasteiger partial charge in [0.15, 0.2) is 0 Å². The number of carbonyl (C=O) groups excluding carboxylic acids is 2. The first kappa shape index (κ1) is 25.0. The zero-order valence-electron chi connectivity index (χ0n) is 20.7. The topological polar surface area (TPSA) is 98.9 Å². The Morgan fingerprint density at radius 2 is 1.91 bits per heavy atom. The predicted octanol–water partition coefficient (Wildman–Crippen LogP) is 3.38. The van der Waals surface area contributed by atoms with E-state index >= 15 is 0 Å². The van der Waals surface area contributed by atoms with E-state index in [9.17, 15) is 9.59 Å². The van der Waals surface area contributed by atoms with Crippen LogP contribution in [0.25, 0.3) is 0 Å². The average Bonchev–Trinajstić information content (AvgIpc) is 3.62. The third-order valence-electron chi connectivity index (χ3n) is 7.06. The average molecular weight is 454 g/mol. The molecular weight excluding hydrogens is 414 g/mol. The molecule has 3 fully saturated rings. The first-order valence-electron chi connectivity index (χ1n) is 11.4. The molecule has 1 N–H and O–H groups in total. The zero-order valence-corrected chi connectivity index (χ0v) is 20.7. The van der Waals surface area contributed by atoms with E-state index < -0.39 is 35.2 Å². The van der Waals surface area contributed by atoms with Gasteiger partial charge in [0.25, 0.3) is 0 Å². The van der Waals surface area contributed by atoms with Crippen molar-refractivity contribution in [2.45, 2.75) is 96.4 Å². The monoisotopic (exact) mass is 453 g/mol. The minimum Gasteiger partial charge on any atom is -0.467 e. The third-order valence-corrected chi connectivity index (χ3v) is 7.06. The van der Waals surface area contributed by atoms with Gasteiger partial charge in [-0.05, 0) is 45.4 Å². The molecule has 1 spiro atoms. The van der Waals surface area contributed by atoms with Crippen LogP contribution in [0, 0.1) is 11.3 Å². The van der Waals surface area contributed by atoms with Gasteiger partial charge >= 0.3 is 12.1 Å². The second kappa shape index (κ2) is 8.95. The molecular formula is C24H39NO7. The summed E-state index contributed by atoms with van der Waals surface area (Å²) >= 11 is 0.